The molecule has 0 heterocycles. The summed E-state index contributed by atoms with van der Waals surface area (Å²) in [7, 11) is 0. The molecule has 1 aromatic carbocycles. The van der Waals surface area contributed by atoms with Crippen LogP contribution < -0.4 is 0 Å². The maximum atomic E-state index is 11.6. The van der Waals surface area contributed by atoms with E-state index in [1.807, 2.05) is 0 Å². The van der Waals surface area contributed by atoms with Gasteiger partial charge in [-0.15, -0.1) is 0 Å². The lowest BCUT2D eigenvalue weighted by Crippen LogP contribution is -2.56. The van der Waals surface area contributed by atoms with Gasteiger partial charge in [0.25, 0.3) is 0 Å². The van der Waals surface area contributed by atoms with Crippen LogP contribution in [0.2, 0.25) is 0 Å². The topological polar surface area (TPSA) is 23.5 Å². The van der Waals surface area contributed by atoms with Crippen LogP contribution in [0.25, 0.3) is 0 Å². The zero-order valence-corrected chi connectivity index (χ0v) is 25.3. The minimum absolute atomic E-state index is 0.188. The van der Waals surface area contributed by atoms with Crippen LogP contribution in [0.1, 0.15) is 167 Å². The summed E-state index contributed by atoms with van der Waals surface area (Å²) in [6.07, 6.45) is 28.2. The first-order valence-electron chi connectivity index (χ1n) is 16.7. The van der Waals surface area contributed by atoms with E-state index >= 15 is 0 Å². The number of hydrogen-bond acceptors (Lipinski definition) is 2. The number of aliphatic hydroxyl groups is 1. The number of rotatable bonds is 22. The van der Waals surface area contributed by atoms with Crippen molar-refractivity contribution in [2.24, 2.45) is 0 Å². The standard InChI is InChI=1S/C35H63NO/c1-4-7-10-12-14-15-16-18-23-32-25-27-33(28-26-32)35(29-20-19-24-34(35)37)36(30-21-9-6-3)31-22-17-13-11-8-5-2/h25-28,34,37H,4-24,29-31H2,1-3H3. The van der Waals surface area contributed by atoms with E-state index in [4.69, 9.17) is 0 Å². The number of unbranched alkanes of at least 4 members (excludes halogenated alkanes) is 14. The van der Waals surface area contributed by atoms with Gasteiger partial charge in [0.15, 0.2) is 0 Å². The highest BCUT2D eigenvalue weighted by Gasteiger charge is 2.45. The third-order valence-electron chi connectivity index (χ3n) is 8.99. The Morgan fingerprint density at radius 3 is 1.70 bits per heavy atom. The molecule has 0 aliphatic heterocycles. The van der Waals surface area contributed by atoms with Crippen molar-refractivity contribution in [3.8, 4) is 0 Å². The Kier molecular flexibility index (Phi) is 17.6. The van der Waals surface area contributed by atoms with Crippen LogP contribution >= 0.6 is 0 Å². The van der Waals surface area contributed by atoms with E-state index in [2.05, 4.69) is 49.9 Å². The Hall–Kier alpha value is -0.860. The van der Waals surface area contributed by atoms with Gasteiger partial charge in [-0.1, -0.05) is 148 Å². The van der Waals surface area contributed by atoms with Crippen molar-refractivity contribution in [2.75, 3.05) is 13.1 Å². The first kappa shape index (κ1) is 32.4. The summed E-state index contributed by atoms with van der Waals surface area (Å²) in [6.45, 7) is 9.15. The maximum Gasteiger partial charge on any atom is 0.0765 e. The largest absolute Gasteiger partial charge is 0.391 e. The summed E-state index contributed by atoms with van der Waals surface area (Å²) in [6, 6.07) is 9.55. The minimum atomic E-state index is -0.249. The molecule has 214 valence electrons. The number of benzene rings is 1. The van der Waals surface area contributed by atoms with Gasteiger partial charge in [-0.05, 0) is 62.7 Å². The molecule has 2 atom stereocenters. The van der Waals surface area contributed by atoms with Crippen LogP contribution in [0.5, 0.6) is 0 Å². The molecule has 0 spiro atoms. The van der Waals surface area contributed by atoms with Crippen molar-refractivity contribution in [1.82, 2.24) is 4.90 Å². The van der Waals surface area contributed by atoms with Crippen LogP contribution in [0.4, 0.5) is 0 Å². The molecule has 37 heavy (non-hydrogen) atoms. The van der Waals surface area contributed by atoms with Crippen LogP contribution in [0.3, 0.4) is 0 Å². The quantitative estimate of drug-likeness (QED) is 0.156. The third kappa shape index (κ3) is 11.4. The summed E-state index contributed by atoms with van der Waals surface area (Å²) >= 11 is 0. The molecule has 1 fully saturated rings. The minimum Gasteiger partial charge on any atom is -0.391 e. The van der Waals surface area contributed by atoms with Crippen LogP contribution in [0.15, 0.2) is 24.3 Å². The SMILES string of the molecule is CCCCCCCCCCc1ccc(C2(N(CCCCC)CCCCCCCC)CCCCC2O)cc1. The summed E-state index contributed by atoms with van der Waals surface area (Å²) in [5.74, 6) is 0. The van der Waals surface area contributed by atoms with Gasteiger partial charge in [0.1, 0.15) is 0 Å². The molecule has 2 nitrogen and oxygen atoms in total. The fraction of sp³-hybridized carbons (Fsp3) is 0.829. The Balaban J connectivity index is 2.02. The molecule has 0 radical (unpaired) electrons. The fourth-order valence-corrected chi connectivity index (χ4v) is 6.60. The molecule has 0 saturated heterocycles. The average molecular weight is 514 g/mol. The second-order valence-electron chi connectivity index (χ2n) is 12.1. The fourth-order valence-electron chi connectivity index (χ4n) is 6.60. The summed E-state index contributed by atoms with van der Waals surface area (Å²) in [5.41, 5.74) is 2.66. The molecular weight excluding hydrogens is 450 g/mol. The molecule has 1 aromatic rings. The highest BCUT2D eigenvalue weighted by molar-refractivity contribution is 5.31. The van der Waals surface area contributed by atoms with Crippen molar-refractivity contribution in [1.29, 1.82) is 0 Å². The van der Waals surface area contributed by atoms with E-state index in [0.717, 1.165) is 25.9 Å². The Labute approximate surface area is 232 Å². The number of aryl methyl sites for hydroxylation is 1. The van der Waals surface area contributed by atoms with Gasteiger partial charge in [-0.25, -0.2) is 0 Å². The molecule has 2 unspecified atom stereocenters. The molecule has 1 saturated carbocycles. The molecule has 2 heteroatoms. The van der Waals surface area contributed by atoms with Crippen molar-refractivity contribution in [3.05, 3.63) is 35.4 Å². The van der Waals surface area contributed by atoms with E-state index in [-0.39, 0.29) is 11.6 Å². The van der Waals surface area contributed by atoms with Crippen LogP contribution in [-0.2, 0) is 12.0 Å². The molecule has 1 N–H and O–H groups in total. The highest BCUT2D eigenvalue weighted by Crippen LogP contribution is 2.43. The molecule has 0 aromatic heterocycles. The first-order chi connectivity index (χ1) is 18.2. The van der Waals surface area contributed by atoms with Gasteiger partial charge >= 0.3 is 0 Å². The van der Waals surface area contributed by atoms with Crippen LogP contribution in [-0.4, -0.2) is 29.2 Å². The highest BCUT2D eigenvalue weighted by atomic mass is 16.3. The van der Waals surface area contributed by atoms with E-state index < -0.39 is 0 Å². The second kappa shape index (κ2) is 20.1. The monoisotopic (exact) mass is 513 g/mol. The van der Waals surface area contributed by atoms with E-state index in [9.17, 15) is 5.11 Å². The predicted octanol–water partition coefficient (Wildman–Crippen LogP) is 10.4. The summed E-state index contributed by atoms with van der Waals surface area (Å²) < 4.78 is 0. The maximum absolute atomic E-state index is 11.6. The zero-order valence-electron chi connectivity index (χ0n) is 25.3. The summed E-state index contributed by atoms with van der Waals surface area (Å²) in [5, 5.41) is 11.6. The Morgan fingerprint density at radius 1 is 0.649 bits per heavy atom. The van der Waals surface area contributed by atoms with Crippen molar-refractivity contribution in [2.45, 2.75) is 174 Å². The predicted molar refractivity (Wildman–Crippen MR) is 163 cm³/mol. The molecular formula is C35H63NO. The third-order valence-corrected chi connectivity index (χ3v) is 8.99. The van der Waals surface area contributed by atoms with Crippen LogP contribution in [0, 0.1) is 0 Å². The Bertz CT molecular complexity index is 656. The number of nitrogens with zero attached hydrogens (tertiary/aromatic N) is 1. The molecule has 1 aliphatic carbocycles. The van der Waals surface area contributed by atoms with Gasteiger partial charge < -0.3 is 5.11 Å². The average Bonchev–Trinajstić information content (AvgIpc) is 2.92. The van der Waals surface area contributed by atoms with Gasteiger partial charge in [0, 0.05) is 0 Å². The molecule has 2 rings (SSSR count). The van der Waals surface area contributed by atoms with Gasteiger partial charge in [-0.2, -0.15) is 0 Å². The van der Waals surface area contributed by atoms with Crippen molar-refractivity contribution < 1.29 is 5.11 Å². The lowest BCUT2D eigenvalue weighted by molar-refractivity contribution is -0.0666. The first-order valence-corrected chi connectivity index (χ1v) is 16.7. The zero-order chi connectivity index (χ0) is 26.6. The Morgan fingerprint density at radius 2 is 1.14 bits per heavy atom. The lowest BCUT2D eigenvalue weighted by Gasteiger charge is -2.50. The lowest BCUT2D eigenvalue weighted by atomic mass is 9.72. The van der Waals surface area contributed by atoms with Gasteiger partial charge in [0.2, 0.25) is 0 Å². The molecule has 1 aliphatic rings. The summed E-state index contributed by atoms with van der Waals surface area (Å²) in [4.78, 5) is 2.74. The van der Waals surface area contributed by atoms with Crippen molar-refractivity contribution in [3.63, 3.8) is 0 Å². The van der Waals surface area contributed by atoms with E-state index in [0.29, 0.717) is 0 Å². The smallest absolute Gasteiger partial charge is 0.0765 e. The number of aliphatic hydroxyl groups excluding tert-OH is 1. The molecule has 0 amide bonds. The van der Waals surface area contributed by atoms with Gasteiger partial charge in [0.05, 0.1) is 11.6 Å². The normalized spacial score (nSPS) is 20.1. The second-order valence-corrected chi connectivity index (χ2v) is 12.1. The van der Waals surface area contributed by atoms with Gasteiger partial charge in [-0.3, -0.25) is 4.90 Å². The van der Waals surface area contributed by atoms with E-state index in [1.165, 1.54) is 140 Å². The molecule has 0 bridgehead atoms. The number of hydrogen-bond donors (Lipinski definition) is 1. The van der Waals surface area contributed by atoms with Crippen molar-refractivity contribution >= 4 is 0 Å². The van der Waals surface area contributed by atoms with E-state index in [1.54, 1.807) is 0 Å².